The lowest BCUT2D eigenvalue weighted by molar-refractivity contribution is 1.25. The number of nitriles is 1. The van der Waals surface area contributed by atoms with Crippen molar-refractivity contribution in [3.8, 4) is 6.07 Å². The van der Waals surface area contributed by atoms with Gasteiger partial charge >= 0.3 is 0 Å². The van der Waals surface area contributed by atoms with Crippen LogP contribution in [0.4, 0.5) is 0 Å². The molecule has 0 aliphatic heterocycles. The van der Waals surface area contributed by atoms with Gasteiger partial charge in [0.05, 0.1) is 0 Å². The quantitative estimate of drug-likeness (QED) is 0.664. The summed E-state index contributed by atoms with van der Waals surface area (Å²) in [5.41, 5.74) is 0.443. The minimum atomic E-state index is 0.443. The van der Waals surface area contributed by atoms with Crippen molar-refractivity contribution < 1.29 is 0 Å². The Hall–Kier alpha value is -0.880. The summed E-state index contributed by atoms with van der Waals surface area (Å²) in [4.78, 5) is 3.79. The van der Waals surface area contributed by atoms with Crippen molar-refractivity contribution in [1.82, 2.24) is 4.98 Å². The van der Waals surface area contributed by atoms with E-state index in [0.717, 1.165) is 4.47 Å². The number of halogens is 1. The fraction of sp³-hybridized carbons (Fsp3) is 0.250. The highest BCUT2D eigenvalue weighted by atomic mass is 79.9. The first-order valence-electron chi connectivity index (χ1n) is 3.34. The first-order chi connectivity index (χ1) is 5.33. The molecule has 0 bridgehead atoms. The van der Waals surface area contributed by atoms with Gasteiger partial charge in [0.25, 0.3) is 0 Å². The van der Waals surface area contributed by atoms with Crippen molar-refractivity contribution in [2.24, 2.45) is 0 Å². The summed E-state index contributed by atoms with van der Waals surface area (Å²) in [7, 11) is 0. The summed E-state index contributed by atoms with van der Waals surface area (Å²) in [5.74, 6) is 0. The van der Waals surface area contributed by atoms with Gasteiger partial charge < -0.3 is 0 Å². The van der Waals surface area contributed by atoms with Crippen LogP contribution in [-0.4, -0.2) is 4.98 Å². The molecule has 0 radical (unpaired) electrons. The Morgan fingerprint density at radius 2 is 2.09 bits per heavy atom. The Bertz CT molecular complexity index is 235. The second-order valence-electron chi connectivity index (χ2n) is 1.47. The van der Waals surface area contributed by atoms with Crippen molar-refractivity contribution in [3.05, 3.63) is 28.5 Å². The van der Waals surface area contributed by atoms with Crippen LogP contribution >= 0.6 is 15.9 Å². The van der Waals surface area contributed by atoms with Gasteiger partial charge in [-0.05, 0) is 28.1 Å². The van der Waals surface area contributed by atoms with E-state index in [1.54, 1.807) is 18.3 Å². The highest BCUT2D eigenvalue weighted by molar-refractivity contribution is 9.10. The first kappa shape index (κ1) is 10.1. The maximum atomic E-state index is 8.30. The van der Waals surface area contributed by atoms with Gasteiger partial charge in [-0.1, -0.05) is 13.8 Å². The third-order valence-corrected chi connectivity index (χ3v) is 1.31. The van der Waals surface area contributed by atoms with E-state index in [4.69, 9.17) is 5.26 Å². The zero-order valence-electron chi connectivity index (χ0n) is 6.50. The average molecular weight is 213 g/mol. The number of rotatable bonds is 0. The Morgan fingerprint density at radius 1 is 1.45 bits per heavy atom. The summed E-state index contributed by atoms with van der Waals surface area (Å²) in [6.45, 7) is 4.00. The van der Waals surface area contributed by atoms with Gasteiger partial charge in [0, 0.05) is 10.7 Å². The predicted octanol–water partition coefficient (Wildman–Crippen LogP) is 2.74. The number of pyridine rings is 1. The summed E-state index contributed by atoms with van der Waals surface area (Å²) in [6.07, 6.45) is 1.60. The number of aromatic nitrogens is 1. The molecule has 0 saturated heterocycles. The SMILES string of the molecule is CC.N#Cc1ccc(Br)cn1. The van der Waals surface area contributed by atoms with E-state index in [1.807, 2.05) is 19.9 Å². The molecule has 0 aliphatic rings. The predicted molar refractivity (Wildman–Crippen MR) is 48.0 cm³/mol. The Morgan fingerprint density at radius 3 is 2.45 bits per heavy atom. The first-order valence-corrected chi connectivity index (χ1v) is 4.14. The summed E-state index contributed by atoms with van der Waals surface area (Å²) < 4.78 is 0.890. The standard InChI is InChI=1S/C6H3BrN2.C2H6/c7-5-1-2-6(3-8)9-4-5;1-2/h1-2,4H;1-2H3. The van der Waals surface area contributed by atoms with Crippen LogP contribution in [0.3, 0.4) is 0 Å². The third kappa shape index (κ3) is 3.74. The van der Waals surface area contributed by atoms with E-state index < -0.39 is 0 Å². The van der Waals surface area contributed by atoms with Gasteiger partial charge in [-0.2, -0.15) is 5.26 Å². The van der Waals surface area contributed by atoms with Crippen molar-refractivity contribution in [1.29, 1.82) is 5.26 Å². The van der Waals surface area contributed by atoms with Crippen LogP contribution in [0, 0.1) is 11.3 Å². The van der Waals surface area contributed by atoms with E-state index in [2.05, 4.69) is 20.9 Å². The molecule has 0 fully saturated rings. The number of hydrogen-bond acceptors (Lipinski definition) is 2. The van der Waals surface area contributed by atoms with Crippen molar-refractivity contribution >= 4 is 15.9 Å². The Kier molecular flexibility index (Phi) is 5.40. The topological polar surface area (TPSA) is 36.7 Å². The highest BCUT2D eigenvalue weighted by Crippen LogP contribution is 2.05. The second kappa shape index (κ2) is 5.87. The van der Waals surface area contributed by atoms with Crippen LogP contribution in [0.15, 0.2) is 22.8 Å². The van der Waals surface area contributed by atoms with E-state index in [1.165, 1.54) is 0 Å². The zero-order chi connectivity index (χ0) is 8.69. The van der Waals surface area contributed by atoms with Gasteiger partial charge in [0.2, 0.25) is 0 Å². The summed E-state index contributed by atoms with van der Waals surface area (Å²) in [6, 6.07) is 5.36. The summed E-state index contributed by atoms with van der Waals surface area (Å²) >= 11 is 3.20. The van der Waals surface area contributed by atoms with Crippen molar-refractivity contribution in [2.45, 2.75) is 13.8 Å². The molecule has 0 spiro atoms. The molecule has 11 heavy (non-hydrogen) atoms. The molecule has 0 aromatic carbocycles. The molecule has 1 aromatic rings. The van der Waals surface area contributed by atoms with Gasteiger partial charge in [-0.3, -0.25) is 0 Å². The van der Waals surface area contributed by atoms with Crippen LogP contribution in [0.5, 0.6) is 0 Å². The molecule has 1 rings (SSSR count). The van der Waals surface area contributed by atoms with E-state index in [0.29, 0.717) is 5.69 Å². The molecule has 1 heterocycles. The monoisotopic (exact) mass is 212 g/mol. The van der Waals surface area contributed by atoms with E-state index in [9.17, 15) is 0 Å². The molecule has 58 valence electrons. The minimum absolute atomic E-state index is 0.443. The average Bonchev–Trinajstić information content (AvgIpc) is 2.10. The lowest BCUT2D eigenvalue weighted by Crippen LogP contribution is -1.77. The minimum Gasteiger partial charge on any atom is -0.244 e. The van der Waals surface area contributed by atoms with Crippen molar-refractivity contribution in [2.75, 3.05) is 0 Å². The molecule has 0 atom stereocenters. The van der Waals surface area contributed by atoms with Crippen LogP contribution in [-0.2, 0) is 0 Å². The molecular weight excluding hydrogens is 204 g/mol. The summed E-state index contributed by atoms with van der Waals surface area (Å²) in [5, 5.41) is 8.30. The largest absolute Gasteiger partial charge is 0.244 e. The van der Waals surface area contributed by atoms with Crippen LogP contribution in [0.25, 0.3) is 0 Å². The van der Waals surface area contributed by atoms with Gasteiger partial charge in [0.15, 0.2) is 0 Å². The fourth-order valence-electron chi connectivity index (χ4n) is 0.442. The number of nitrogens with zero attached hydrogens (tertiary/aromatic N) is 2. The van der Waals surface area contributed by atoms with Gasteiger partial charge in [0.1, 0.15) is 11.8 Å². The molecule has 0 N–H and O–H groups in total. The molecule has 0 aliphatic carbocycles. The van der Waals surface area contributed by atoms with Crippen LogP contribution < -0.4 is 0 Å². The van der Waals surface area contributed by atoms with E-state index >= 15 is 0 Å². The maximum Gasteiger partial charge on any atom is 0.140 e. The van der Waals surface area contributed by atoms with Gasteiger partial charge in [-0.15, -0.1) is 0 Å². The van der Waals surface area contributed by atoms with Crippen molar-refractivity contribution in [3.63, 3.8) is 0 Å². The Balaban J connectivity index is 0.000000461. The van der Waals surface area contributed by atoms with Crippen LogP contribution in [0.2, 0.25) is 0 Å². The lowest BCUT2D eigenvalue weighted by atomic mass is 10.4. The second-order valence-corrected chi connectivity index (χ2v) is 2.39. The normalized spacial score (nSPS) is 7.45. The smallest absolute Gasteiger partial charge is 0.140 e. The van der Waals surface area contributed by atoms with Gasteiger partial charge in [-0.25, -0.2) is 4.98 Å². The van der Waals surface area contributed by atoms with E-state index in [-0.39, 0.29) is 0 Å². The molecule has 3 heteroatoms. The van der Waals surface area contributed by atoms with Crippen LogP contribution in [0.1, 0.15) is 19.5 Å². The molecule has 0 unspecified atom stereocenters. The zero-order valence-corrected chi connectivity index (χ0v) is 8.09. The third-order valence-electron chi connectivity index (χ3n) is 0.842. The fourth-order valence-corrected chi connectivity index (χ4v) is 0.676. The Labute approximate surface area is 75.0 Å². The molecular formula is C8H9BrN2. The molecule has 2 nitrogen and oxygen atoms in total. The maximum absolute atomic E-state index is 8.30. The molecule has 0 saturated carbocycles. The number of hydrogen-bond donors (Lipinski definition) is 0. The molecule has 0 amide bonds. The highest BCUT2D eigenvalue weighted by Gasteiger charge is 1.87. The lowest BCUT2D eigenvalue weighted by Gasteiger charge is -1.85. The molecule has 1 aromatic heterocycles.